The van der Waals surface area contributed by atoms with Crippen LogP contribution < -0.4 is 14.9 Å². The number of nitrogens with zero attached hydrogens (tertiary/aromatic N) is 1. The zero-order valence-corrected chi connectivity index (χ0v) is 12.8. The topological polar surface area (TPSA) is 59.9 Å². The van der Waals surface area contributed by atoms with Crippen molar-refractivity contribution in [2.24, 2.45) is 5.10 Å². The number of hydrazone groups is 1. The fourth-order valence-electron chi connectivity index (χ4n) is 2.15. The van der Waals surface area contributed by atoms with Crippen molar-refractivity contribution in [1.29, 1.82) is 0 Å². The second-order valence-corrected chi connectivity index (χ2v) is 5.17. The lowest BCUT2D eigenvalue weighted by atomic mass is 10.1. The molecule has 0 spiro atoms. The van der Waals surface area contributed by atoms with E-state index in [-0.39, 0.29) is 6.61 Å². The number of hydrogen-bond donors (Lipinski definition) is 1. The van der Waals surface area contributed by atoms with Gasteiger partial charge in [0.2, 0.25) is 6.10 Å². The summed E-state index contributed by atoms with van der Waals surface area (Å²) >= 11 is 0. The summed E-state index contributed by atoms with van der Waals surface area (Å²) in [6, 6.07) is 10.4. The Labute approximate surface area is 136 Å². The number of carbonyl (C=O) groups excluding carboxylic acids is 1. The standard InChI is InChI=1S/C17H14F2N2O3/c1-10(11-6-7-12(18)13(19)8-11)20-21-17(22)16-9-23-14-4-2-3-5-15(14)24-16/h2-8,16H,9H2,1H3,(H,21,22)/b20-10+. The second-order valence-electron chi connectivity index (χ2n) is 5.17. The Morgan fingerprint density at radius 1 is 1.17 bits per heavy atom. The molecule has 5 nitrogen and oxygen atoms in total. The smallest absolute Gasteiger partial charge is 0.284 e. The van der Waals surface area contributed by atoms with Gasteiger partial charge >= 0.3 is 0 Å². The maximum atomic E-state index is 13.2. The highest BCUT2D eigenvalue weighted by Crippen LogP contribution is 2.30. The first kappa shape index (κ1) is 15.9. The van der Waals surface area contributed by atoms with Crippen molar-refractivity contribution in [3.8, 4) is 11.5 Å². The Hall–Kier alpha value is -2.96. The number of para-hydroxylation sites is 2. The summed E-state index contributed by atoms with van der Waals surface area (Å²) in [7, 11) is 0. The molecule has 1 aliphatic heterocycles. The maximum absolute atomic E-state index is 13.2. The van der Waals surface area contributed by atoms with Gasteiger partial charge in [0.05, 0.1) is 5.71 Å². The number of halogens is 2. The molecular formula is C17H14F2N2O3. The highest BCUT2D eigenvalue weighted by Gasteiger charge is 2.27. The Morgan fingerprint density at radius 3 is 2.67 bits per heavy atom. The number of amides is 1. The first-order valence-electron chi connectivity index (χ1n) is 7.22. The van der Waals surface area contributed by atoms with Crippen molar-refractivity contribution in [1.82, 2.24) is 5.43 Å². The monoisotopic (exact) mass is 332 g/mol. The van der Waals surface area contributed by atoms with Crippen LogP contribution in [0.25, 0.3) is 0 Å². The van der Waals surface area contributed by atoms with E-state index in [1.54, 1.807) is 31.2 Å². The normalized spacial score (nSPS) is 16.6. The van der Waals surface area contributed by atoms with Crippen LogP contribution >= 0.6 is 0 Å². The first-order valence-corrected chi connectivity index (χ1v) is 7.22. The molecule has 24 heavy (non-hydrogen) atoms. The second kappa shape index (κ2) is 6.66. The number of carbonyl (C=O) groups is 1. The van der Waals surface area contributed by atoms with Gasteiger partial charge in [-0.05, 0) is 37.3 Å². The summed E-state index contributed by atoms with van der Waals surface area (Å²) in [6.45, 7) is 1.63. The highest BCUT2D eigenvalue weighted by atomic mass is 19.2. The van der Waals surface area contributed by atoms with E-state index in [0.717, 1.165) is 12.1 Å². The fourth-order valence-corrected chi connectivity index (χ4v) is 2.15. The van der Waals surface area contributed by atoms with Crippen molar-refractivity contribution in [3.05, 3.63) is 59.7 Å². The van der Waals surface area contributed by atoms with Crippen LogP contribution in [-0.2, 0) is 4.79 Å². The van der Waals surface area contributed by atoms with Gasteiger partial charge in [-0.1, -0.05) is 12.1 Å². The predicted octanol–water partition coefficient (Wildman–Crippen LogP) is 2.65. The van der Waals surface area contributed by atoms with Gasteiger partial charge in [-0.15, -0.1) is 0 Å². The van der Waals surface area contributed by atoms with Gasteiger partial charge in [0.1, 0.15) is 6.61 Å². The highest BCUT2D eigenvalue weighted by molar-refractivity contribution is 5.99. The van der Waals surface area contributed by atoms with Crippen molar-refractivity contribution < 1.29 is 23.0 Å². The van der Waals surface area contributed by atoms with E-state index in [0.29, 0.717) is 22.8 Å². The maximum Gasteiger partial charge on any atom is 0.284 e. The molecule has 1 N–H and O–H groups in total. The number of hydrogen-bond acceptors (Lipinski definition) is 4. The summed E-state index contributed by atoms with van der Waals surface area (Å²) < 4.78 is 37.1. The molecule has 2 aromatic carbocycles. The molecule has 0 fully saturated rings. The van der Waals surface area contributed by atoms with Crippen LogP contribution in [0.3, 0.4) is 0 Å². The molecule has 124 valence electrons. The summed E-state index contributed by atoms with van der Waals surface area (Å²) in [4.78, 5) is 12.1. The van der Waals surface area contributed by atoms with Gasteiger partial charge in [0.25, 0.3) is 5.91 Å². The minimum Gasteiger partial charge on any atom is -0.485 e. The molecule has 0 aliphatic carbocycles. The van der Waals surface area contributed by atoms with Gasteiger partial charge in [-0.2, -0.15) is 5.10 Å². The van der Waals surface area contributed by atoms with E-state index < -0.39 is 23.6 Å². The summed E-state index contributed by atoms with van der Waals surface area (Å²) in [5.74, 6) is -1.37. The third kappa shape index (κ3) is 3.34. The molecule has 3 rings (SSSR count). The van der Waals surface area contributed by atoms with Crippen LogP contribution in [0.4, 0.5) is 8.78 Å². The summed E-state index contributed by atoms with van der Waals surface area (Å²) in [5.41, 5.74) is 3.04. The Morgan fingerprint density at radius 2 is 1.92 bits per heavy atom. The predicted molar refractivity (Wildman–Crippen MR) is 83.1 cm³/mol. The molecule has 1 unspecified atom stereocenters. The largest absolute Gasteiger partial charge is 0.485 e. The first-order chi connectivity index (χ1) is 11.5. The Bertz CT molecular complexity index is 808. The van der Waals surface area contributed by atoms with Crippen LogP contribution in [0, 0.1) is 11.6 Å². The van der Waals surface area contributed by atoms with E-state index in [9.17, 15) is 13.6 Å². The van der Waals surface area contributed by atoms with Crippen LogP contribution in [0.2, 0.25) is 0 Å². The lowest BCUT2D eigenvalue weighted by Crippen LogP contribution is -2.42. The molecule has 0 bridgehead atoms. The molecule has 1 amide bonds. The van der Waals surface area contributed by atoms with Crippen molar-refractivity contribution in [2.45, 2.75) is 13.0 Å². The summed E-state index contributed by atoms with van der Waals surface area (Å²) in [5, 5.41) is 3.89. The van der Waals surface area contributed by atoms with Gasteiger partial charge in [-0.25, -0.2) is 14.2 Å². The minimum absolute atomic E-state index is 0.0581. The quantitative estimate of drug-likeness (QED) is 0.694. The number of fused-ring (bicyclic) bond motifs is 1. The number of nitrogens with one attached hydrogen (secondary N) is 1. The zero-order chi connectivity index (χ0) is 17.1. The average molecular weight is 332 g/mol. The van der Waals surface area contributed by atoms with Crippen LogP contribution in [-0.4, -0.2) is 24.3 Å². The molecule has 0 aromatic heterocycles. The lowest BCUT2D eigenvalue weighted by molar-refractivity contribution is -0.130. The van der Waals surface area contributed by atoms with E-state index in [2.05, 4.69) is 10.5 Å². The molecule has 7 heteroatoms. The van der Waals surface area contributed by atoms with Crippen LogP contribution in [0.5, 0.6) is 11.5 Å². The molecule has 0 saturated carbocycles. The fraction of sp³-hybridized carbons (Fsp3) is 0.176. The van der Waals surface area contributed by atoms with Gasteiger partial charge in [0.15, 0.2) is 23.1 Å². The molecule has 1 aliphatic rings. The van der Waals surface area contributed by atoms with E-state index in [4.69, 9.17) is 9.47 Å². The van der Waals surface area contributed by atoms with Crippen molar-refractivity contribution >= 4 is 11.6 Å². The van der Waals surface area contributed by atoms with Gasteiger partial charge < -0.3 is 9.47 Å². The zero-order valence-electron chi connectivity index (χ0n) is 12.8. The molecule has 1 atom stereocenters. The number of benzene rings is 2. The van der Waals surface area contributed by atoms with Gasteiger partial charge in [-0.3, -0.25) is 4.79 Å². The molecule has 0 radical (unpaired) electrons. The Kier molecular flexibility index (Phi) is 4.41. The molecule has 2 aromatic rings. The van der Waals surface area contributed by atoms with Crippen LogP contribution in [0.1, 0.15) is 12.5 Å². The van der Waals surface area contributed by atoms with E-state index in [1.807, 2.05) is 0 Å². The molecular weight excluding hydrogens is 318 g/mol. The minimum atomic E-state index is -0.978. The number of rotatable bonds is 3. The lowest BCUT2D eigenvalue weighted by Gasteiger charge is -2.24. The summed E-state index contributed by atoms with van der Waals surface area (Å²) in [6.07, 6.45) is -0.846. The third-order valence-electron chi connectivity index (χ3n) is 3.47. The SMILES string of the molecule is C/C(=N\NC(=O)C1COc2ccccc2O1)c1ccc(F)c(F)c1. The van der Waals surface area contributed by atoms with E-state index in [1.165, 1.54) is 6.07 Å². The van der Waals surface area contributed by atoms with Crippen LogP contribution in [0.15, 0.2) is 47.6 Å². The third-order valence-corrected chi connectivity index (χ3v) is 3.47. The van der Waals surface area contributed by atoms with E-state index >= 15 is 0 Å². The molecule has 0 saturated heterocycles. The van der Waals surface area contributed by atoms with Crippen molar-refractivity contribution in [2.75, 3.05) is 6.61 Å². The molecule has 1 heterocycles. The average Bonchev–Trinajstić information content (AvgIpc) is 2.61. The van der Waals surface area contributed by atoms with Gasteiger partial charge in [0, 0.05) is 5.56 Å². The number of ether oxygens (including phenoxy) is 2. The Balaban J connectivity index is 1.66. The van der Waals surface area contributed by atoms with Crippen molar-refractivity contribution in [3.63, 3.8) is 0 Å².